The fraction of sp³-hybridized carbons (Fsp3) is 0.318. The zero-order chi connectivity index (χ0) is 21.5. The molecule has 0 atom stereocenters. The Hall–Kier alpha value is -2.02. The molecule has 4 rings (SSSR count). The van der Waals surface area contributed by atoms with Gasteiger partial charge in [-0.2, -0.15) is 0 Å². The number of methoxy groups -OCH3 is 1. The second kappa shape index (κ2) is 8.25. The molecule has 8 heteroatoms. The average molecular weight is 465 g/mol. The number of hydrogen-bond donors (Lipinski definition) is 0. The van der Waals surface area contributed by atoms with Gasteiger partial charge in [0, 0.05) is 29.7 Å². The van der Waals surface area contributed by atoms with Crippen molar-refractivity contribution < 1.29 is 13.2 Å². The predicted molar refractivity (Wildman–Crippen MR) is 121 cm³/mol. The van der Waals surface area contributed by atoms with Crippen LogP contribution in [-0.2, 0) is 9.84 Å². The number of pyridine rings is 1. The topological polar surface area (TPSA) is 59.5 Å². The second-order valence-electron chi connectivity index (χ2n) is 7.60. The van der Waals surface area contributed by atoms with Crippen LogP contribution in [0.3, 0.4) is 0 Å². The highest BCUT2D eigenvalue weighted by Crippen LogP contribution is 2.39. The Bertz CT molecular complexity index is 1210. The summed E-state index contributed by atoms with van der Waals surface area (Å²) in [6.07, 6.45) is 3.44. The third-order valence-electron chi connectivity index (χ3n) is 5.59. The molecule has 3 aromatic rings. The van der Waals surface area contributed by atoms with Gasteiger partial charge in [-0.1, -0.05) is 30.1 Å². The molecule has 1 saturated heterocycles. The van der Waals surface area contributed by atoms with Crippen LogP contribution in [0, 0.1) is 5.92 Å². The number of aromatic nitrogens is 1. The Morgan fingerprint density at radius 2 is 1.83 bits per heavy atom. The molecular formula is C22H22Cl2N2O3S. The maximum atomic E-state index is 13.6. The summed E-state index contributed by atoms with van der Waals surface area (Å²) in [6, 6.07) is 9.86. The molecule has 1 aromatic heterocycles. The van der Waals surface area contributed by atoms with Gasteiger partial charge in [-0.15, -0.1) is 0 Å². The van der Waals surface area contributed by atoms with Gasteiger partial charge in [0.25, 0.3) is 0 Å². The third-order valence-corrected chi connectivity index (χ3v) is 7.87. The number of anilines is 1. The summed E-state index contributed by atoms with van der Waals surface area (Å²) in [5.74, 6) is 1.04. The first-order valence-electron chi connectivity index (χ1n) is 9.73. The summed E-state index contributed by atoms with van der Waals surface area (Å²) in [4.78, 5) is 6.84. The minimum Gasteiger partial charge on any atom is -0.495 e. The van der Waals surface area contributed by atoms with E-state index in [0.29, 0.717) is 27.9 Å². The van der Waals surface area contributed by atoms with Crippen LogP contribution in [0.15, 0.2) is 52.4 Å². The van der Waals surface area contributed by atoms with E-state index in [1.165, 1.54) is 25.4 Å². The van der Waals surface area contributed by atoms with Crippen LogP contribution in [0.25, 0.3) is 10.9 Å². The van der Waals surface area contributed by atoms with Gasteiger partial charge in [-0.3, -0.25) is 4.98 Å². The third kappa shape index (κ3) is 3.84. The van der Waals surface area contributed by atoms with Crippen molar-refractivity contribution in [3.63, 3.8) is 0 Å². The van der Waals surface area contributed by atoms with Crippen LogP contribution in [0.4, 0.5) is 5.69 Å². The maximum absolute atomic E-state index is 13.6. The number of benzene rings is 2. The fourth-order valence-electron chi connectivity index (χ4n) is 3.83. The zero-order valence-electron chi connectivity index (χ0n) is 16.7. The molecule has 0 bridgehead atoms. The molecule has 0 saturated carbocycles. The number of ether oxygens (including phenoxy) is 1. The van der Waals surface area contributed by atoms with Gasteiger partial charge in [-0.05, 0) is 55.2 Å². The van der Waals surface area contributed by atoms with E-state index in [4.69, 9.17) is 27.9 Å². The number of fused-ring (bicyclic) bond motifs is 1. The van der Waals surface area contributed by atoms with Crippen molar-refractivity contribution in [3.05, 3.63) is 52.6 Å². The fourth-order valence-corrected chi connectivity index (χ4v) is 5.78. The molecule has 0 N–H and O–H groups in total. The first-order valence-corrected chi connectivity index (χ1v) is 12.0. The predicted octanol–water partition coefficient (Wildman–Crippen LogP) is 5.62. The number of nitrogens with zero attached hydrogens (tertiary/aromatic N) is 2. The Labute approximate surface area is 186 Å². The number of sulfone groups is 1. The van der Waals surface area contributed by atoms with Gasteiger partial charge in [0.2, 0.25) is 9.84 Å². The van der Waals surface area contributed by atoms with Crippen LogP contribution in [0.1, 0.15) is 19.8 Å². The van der Waals surface area contributed by atoms with Crippen molar-refractivity contribution in [1.82, 2.24) is 4.98 Å². The SMILES string of the molecule is COc1ccc(S(=O)(=O)c2cnc3cc(Cl)ccc3c2N2CCC(C)CC2)cc1Cl. The number of hydrogen-bond acceptors (Lipinski definition) is 5. The molecule has 2 heterocycles. The second-order valence-corrected chi connectivity index (χ2v) is 10.4. The standard InChI is InChI=1S/C22H22Cl2N2O3S/c1-14-7-9-26(10-8-14)22-17-5-3-15(23)11-19(17)25-13-21(22)30(27,28)16-4-6-20(29-2)18(24)12-16/h3-6,11-14H,7-10H2,1-2H3. The van der Waals surface area contributed by atoms with E-state index in [0.717, 1.165) is 31.3 Å². The lowest BCUT2D eigenvalue weighted by Gasteiger charge is -2.34. The van der Waals surface area contributed by atoms with E-state index in [-0.39, 0.29) is 14.8 Å². The van der Waals surface area contributed by atoms with Crippen molar-refractivity contribution >= 4 is 49.6 Å². The highest BCUT2D eigenvalue weighted by atomic mass is 35.5. The summed E-state index contributed by atoms with van der Waals surface area (Å²) in [5, 5.41) is 1.58. The van der Waals surface area contributed by atoms with Gasteiger partial charge < -0.3 is 9.64 Å². The lowest BCUT2D eigenvalue weighted by molar-refractivity contribution is 0.414. The quantitative estimate of drug-likeness (QED) is 0.501. The monoisotopic (exact) mass is 464 g/mol. The number of rotatable bonds is 4. The molecule has 0 unspecified atom stereocenters. The van der Waals surface area contributed by atoms with Gasteiger partial charge in [0.1, 0.15) is 10.6 Å². The minimum atomic E-state index is -3.86. The molecule has 158 valence electrons. The summed E-state index contributed by atoms with van der Waals surface area (Å²) in [5.41, 5.74) is 1.35. The van der Waals surface area contributed by atoms with Gasteiger partial charge in [-0.25, -0.2) is 8.42 Å². The van der Waals surface area contributed by atoms with Gasteiger partial charge in [0.15, 0.2) is 0 Å². The van der Waals surface area contributed by atoms with E-state index in [9.17, 15) is 8.42 Å². The summed E-state index contributed by atoms with van der Waals surface area (Å²) in [6.45, 7) is 3.79. The lowest BCUT2D eigenvalue weighted by Crippen LogP contribution is -2.34. The van der Waals surface area contributed by atoms with Crippen molar-refractivity contribution in [2.24, 2.45) is 5.92 Å². The Morgan fingerprint density at radius 3 is 2.50 bits per heavy atom. The molecule has 0 amide bonds. The van der Waals surface area contributed by atoms with Gasteiger partial charge in [0.05, 0.1) is 28.2 Å². The normalized spacial score (nSPS) is 15.5. The maximum Gasteiger partial charge on any atom is 0.210 e. The first-order chi connectivity index (χ1) is 14.3. The molecular weight excluding hydrogens is 443 g/mol. The van der Waals surface area contributed by atoms with Crippen molar-refractivity contribution in [2.45, 2.75) is 29.6 Å². The average Bonchev–Trinajstić information content (AvgIpc) is 2.73. The zero-order valence-corrected chi connectivity index (χ0v) is 19.1. The minimum absolute atomic E-state index is 0.107. The van der Waals surface area contributed by atoms with Crippen LogP contribution in [0.2, 0.25) is 10.0 Å². The highest BCUT2D eigenvalue weighted by Gasteiger charge is 2.29. The summed E-state index contributed by atoms with van der Waals surface area (Å²) >= 11 is 12.4. The highest BCUT2D eigenvalue weighted by molar-refractivity contribution is 7.91. The van der Waals surface area contributed by atoms with E-state index in [2.05, 4.69) is 16.8 Å². The van der Waals surface area contributed by atoms with Crippen LogP contribution >= 0.6 is 23.2 Å². The molecule has 1 aliphatic rings. The number of piperidine rings is 1. The molecule has 30 heavy (non-hydrogen) atoms. The van der Waals surface area contributed by atoms with Gasteiger partial charge >= 0.3 is 0 Å². The molecule has 2 aromatic carbocycles. The van der Waals surface area contributed by atoms with Crippen molar-refractivity contribution in [3.8, 4) is 5.75 Å². The van der Waals surface area contributed by atoms with E-state index in [1.807, 2.05) is 6.07 Å². The molecule has 0 spiro atoms. The van der Waals surface area contributed by atoms with Crippen LogP contribution in [0.5, 0.6) is 5.75 Å². The largest absolute Gasteiger partial charge is 0.495 e. The summed E-state index contributed by atoms with van der Waals surface area (Å²) < 4.78 is 32.4. The van der Waals surface area contributed by atoms with Crippen LogP contribution < -0.4 is 9.64 Å². The Kier molecular flexibility index (Phi) is 5.84. The smallest absolute Gasteiger partial charge is 0.210 e. The summed E-state index contributed by atoms with van der Waals surface area (Å²) in [7, 11) is -2.37. The molecule has 1 fully saturated rings. The van der Waals surface area contributed by atoms with E-state index < -0.39 is 9.84 Å². The lowest BCUT2D eigenvalue weighted by atomic mass is 9.98. The Balaban J connectivity index is 1.92. The molecule has 0 aliphatic carbocycles. The van der Waals surface area contributed by atoms with Crippen LogP contribution in [-0.4, -0.2) is 33.6 Å². The van der Waals surface area contributed by atoms with Crippen molar-refractivity contribution in [1.29, 1.82) is 0 Å². The van der Waals surface area contributed by atoms with E-state index >= 15 is 0 Å². The van der Waals surface area contributed by atoms with Crippen molar-refractivity contribution in [2.75, 3.05) is 25.1 Å². The Morgan fingerprint density at radius 1 is 1.10 bits per heavy atom. The first kappa shape index (κ1) is 21.2. The number of halogens is 2. The van der Waals surface area contributed by atoms with E-state index in [1.54, 1.807) is 18.2 Å². The molecule has 0 radical (unpaired) electrons. The molecule has 1 aliphatic heterocycles. The molecule has 5 nitrogen and oxygen atoms in total.